The minimum atomic E-state index is -3.67. The fraction of sp³-hybridized carbons (Fsp3) is 0.316. The van der Waals surface area contributed by atoms with Crippen molar-refractivity contribution in [2.24, 2.45) is 0 Å². The average Bonchev–Trinajstić information content (AvgIpc) is 2.69. The molecule has 1 amide bonds. The highest BCUT2D eigenvalue weighted by molar-refractivity contribution is 7.89. The predicted molar refractivity (Wildman–Crippen MR) is 108 cm³/mol. The van der Waals surface area contributed by atoms with Crippen molar-refractivity contribution in [3.05, 3.63) is 53.1 Å². The molecule has 0 atom stereocenters. The van der Waals surface area contributed by atoms with Crippen molar-refractivity contribution in [1.29, 1.82) is 0 Å². The summed E-state index contributed by atoms with van der Waals surface area (Å²) in [5.41, 5.74) is 0.860. The van der Waals surface area contributed by atoms with E-state index in [1.54, 1.807) is 38.5 Å². The topological polar surface area (TPSA) is 93.7 Å². The predicted octanol–water partition coefficient (Wildman–Crippen LogP) is 2.38. The van der Waals surface area contributed by atoms with E-state index >= 15 is 0 Å². The molecule has 0 unspecified atom stereocenters. The molecular weight excluding hydrogens is 404 g/mol. The Morgan fingerprint density at radius 2 is 1.86 bits per heavy atom. The van der Waals surface area contributed by atoms with Crippen LogP contribution in [0.25, 0.3) is 0 Å². The molecule has 2 aromatic carbocycles. The Hall–Kier alpha value is -2.29. The summed E-state index contributed by atoms with van der Waals surface area (Å²) in [4.78, 5) is 12.1. The molecule has 152 valence electrons. The molecule has 28 heavy (non-hydrogen) atoms. The second-order valence-electron chi connectivity index (χ2n) is 5.88. The lowest BCUT2D eigenvalue weighted by molar-refractivity contribution is -0.121. The fourth-order valence-electron chi connectivity index (χ4n) is 2.52. The number of nitrogens with one attached hydrogen (secondary N) is 2. The summed E-state index contributed by atoms with van der Waals surface area (Å²) in [5.74, 6) is 1.18. The highest BCUT2D eigenvalue weighted by Crippen LogP contribution is 2.25. The van der Waals surface area contributed by atoms with Crippen LogP contribution >= 0.6 is 11.6 Å². The van der Waals surface area contributed by atoms with E-state index in [-0.39, 0.29) is 30.3 Å². The number of carbonyl (C=O) groups excluding carboxylic acids is 1. The molecule has 0 aliphatic carbocycles. The molecule has 0 fully saturated rings. The number of rotatable bonds is 10. The quantitative estimate of drug-likeness (QED) is 0.569. The summed E-state index contributed by atoms with van der Waals surface area (Å²) in [6.45, 7) is 0.247. The van der Waals surface area contributed by atoms with E-state index in [0.29, 0.717) is 22.9 Å². The summed E-state index contributed by atoms with van der Waals surface area (Å²) in [5, 5.41) is 3.03. The van der Waals surface area contributed by atoms with Gasteiger partial charge in [-0.05, 0) is 48.4 Å². The second kappa shape index (κ2) is 10.3. The maximum absolute atomic E-state index is 12.2. The third kappa shape index (κ3) is 6.40. The standard InChI is InChI=1S/C19H23ClN2O5S/c1-26-16-7-8-18(27-2)14(12-16)6-9-19(23)21-10-11-22-28(24,25)17-5-3-4-15(20)13-17/h3-5,7-8,12-13,22H,6,9-11H2,1-2H3,(H,21,23). The summed E-state index contributed by atoms with van der Waals surface area (Å²) in [6.07, 6.45) is 0.713. The molecule has 0 saturated carbocycles. The molecule has 0 aliphatic heterocycles. The molecule has 0 spiro atoms. The normalized spacial score (nSPS) is 11.1. The number of carbonyl (C=O) groups is 1. The summed E-state index contributed by atoms with van der Waals surface area (Å²) < 4.78 is 37.2. The Morgan fingerprint density at radius 1 is 1.07 bits per heavy atom. The van der Waals surface area contributed by atoms with Crippen LogP contribution < -0.4 is 19.5 Å². The Labute approximate surface area is 170 Å². The Morgan fingerprint density at radius 3 is 2.54 bits per heavy atom. The van der Waals surface area contributed by atoms with Gasteiger partial charge in [-0.25, -0.2) is 13.1 Å². The van der Waals surface area contributed by atoms with Gasteiger partial charge in [0.1, 0.15) is 11.5 Å². The van der Waals surface area contributed by atoms with Crippen molar-refractivity contribution < 1.29 is 22.7 Å². The van der Waals surface area contributed by atoms with Gasteiger partial charge in [-0.15, -0.1) is 0 Å². The van der Waals surface area contributed by atoms with Gasteiger partial charge in [-0.1, -0.05) is 17.7 Å². The van der Waals surface area contributed by atoms with Gasteiger partial charge in [-0.2, -0.15) is 0 Å². The number of benzene rings is 2. The van der Waals surface area contributed by atoms with Gasteiger partial charge in [0.15, 0.2) is 0 Å². The first-order chi connectivity index (χ1) is 13.4. The van der Waals surface area contributed by atoms with E-state index < -0.39 is 10.0 Å². The third-order valence-corrected chi connectivity index (χ3v) is 5.65. The second-order valence-corrected chi connectivity index (χ2v) is 8.09. The van der Waals surface area contributed by atoms with Crippen LogP contribution in [0.1, 0.15) is 12.0 Å². The Kier molecular flexibility index (Phi) is 8.10. The SMILES string of the molecule is COc1ccc(OC)c(CCC(=O)NCCNS(=O)(=O)c2cccc(Cl)c2)c1. The van der Waals surface area contributed by atoms with E-state index in [9.17, 15) is 13.2 Å². The highest BCUT2D eigenvalue weighted by Gasteiger charge is 2.14. The summed E-state index contributed by atoms with van der Waals surface area (Å²) in [6, 6.07) is 11.4. The van der Waals surface area contributed by atoms with E-state index in [0.717, 1.165) is 5.56 Å². The molecule has 7 nitrogen and oxygen atoms in total. The van der Waals surface area contributed by atoms with Crippen molar-refractivity contribution >= 4 is 27.5 Å². The van der Waals surface area contributed by atoms with E-state index in [1.165, 1.54) is 12.1 Å². The van der Waals surface area contributed by atoms with Gasteiger partial charge in [0.25, 0.3) is 0 Å². The van der Waals surface area contributed by atoms with Crippen LogP contribution in [0.5, 0.6) is 11.5 Å². The number of halogens is 1. The first kappa shape index (κ1) is 22.0. The molecule has 2 rings (SSSR count). The van der Waals surface area contributed by atoms with E-state index in [1.807, 2.05) is 6.07 Å². The van der Waals surface area contributed by atoms with Gasteiger partial charge in [0.2, 0.25) is 15.9 Å². The smallest absolute Gasteiger partial charge is 0.240 e. The third-order valence-electron chi connectivity index (χ3n) is 3.95. The summed E-state index contributed by atoms with van der Waals surface area (Å²) >= 11 is 5.81. The molecule has 9 heteroatoms. The van der Waals surface area contributed by atoms with Crippen LogP contribution in [0.4, 0.5) is 0 Å². The van der Waals surface area contributed by atoms with Crippen LogP contribution in [0, 0.1) is 0 Å². The van der Waals surface area contributed by atoms with Crippen molar-refractivity contribution in [2.45, 2.75) is 17.7 Å². The first-order valence-electron chi connectivity index (χ1n) is 8.58. The van der Waals surface area contributed by atoms with E-state index in [4.69, 9.17) is 21.1 Å². The van der Waals surface area contributed by atoms with Gasteiger partial charge < -0.3 is 14.8 Å². The Bertz CT molecular complexity index is 918. The zero-order chi connectivity index (χ0) is 20.6. The van der Waals surface area contributed by atoms with Gasteiger partial charge in [0.05, 0.1) is 19.1 Å². The number of hydrogen-bond acceptors (Lipinski definition) is 5. The van der Waals surface area contributed by atoms with Crippen molar-refractivity contribution in [1.82, 2.24) is 10.0 Å². The van der Waals surface area contributed by atoms with Crippen LogP contribution in [0.2, 0.25) is 5.02 Å². The van der Waals surface area contributed by atoms with Crippen LogP contribution in [0.3, 0.4) is 0 Å². The van der Waals surface area contributed by atoms with Gasteiger partial charge in [0, 0.05) is 24.5 Å². The first-order valence-corrected chi connectivity index (χ1v) is 10.4. The zero-order valence-electron chi connectivity index (χ0n) is 15.7. The number of ether oxygens (including phenoxy) is 2. The van der Waals surface area contributed by atoms with Crippen molar-refractivity contribution in [3.63, 3.8) is 0 Å². The van der Waals surface area contributed by atoms with Crippen LogP contribution in [-0.2, 0) is 21.2 Å². The summed E-state index contributed by atoms with van der Waals surface area (Å²) in [7, 11) is -0.530. The molecule has 0 aliphatic rings. The fourth-order valence-corrected chi connectivity index (χ4v) is 3.85. The zero-order valence-corrected chi connectivity index (χ0v) is 17.3. The molecule has 2 N–H and O–H groups in total. The molecule has 0 heterocycles. The number of hydrogen-bond donors (Lipinski definition) is 2. The largest absolute Gasteiger partial charge is 0.497 e. The minimum Gasteiger partial charge on any atom is -0.497 e. The lowest BCUT2D eigenvalue weighted by Crippen LogP contribution is -2.34. The maximum Gasteiger partial charge on any atom is 0.240 e. The molecular formula is C19H23ClN2O5S. The average molecular weight is 427 g/mol. The van der Waals surface area contributed by atoms with Crippen molar-refractivity contribution in [3.8, 4) is 11.5 Å². The molecule has 0 bridgehead atoms. The van der Waals surface area contributed by atoms with E-state index in [2.05, 4.69) is 10.0 Å². The van der Waals surface area contributed by atoms with Crippen LogP contribution in [-0.4, -0.2) is 41.6 Å². The molecule has 2 aromatic rings. The van der Waals surface area contributed by atoms with Crippen LogP contribution in [0.15, 0.2) is 47.4 Å². The monoisotopic (exact) mass is 426 g/mol. The van der Waals surface area contributed by atoms with Gasteiger partial charge >= 0.3 is 0 Å². The molecule has 0 saturated heterocycles. The minimum absolute atomic E-state index is 0.0725. The van der Waals surface area contributed by atoms with Crippen molar-refractivity contribution in [2.75, 3.05) is 27.3 Å². The molecule has 0 radical (unpaired) electrons. The number of sulfonamides is 1. The Balaban J connectivity index is 1.79. The lowest BCUT2D eigenvalue weighted by atomic mass is 10.1. The number of methoxy groups -OCH3 is 2. The number of amides is 1. The maximum atomic E-state index is 12.2. The highest BCUT2D eigenvalue weighted by atomic mass is 35.5. The van der Waals surface area contributed by atoms with Gasteiger partial charge in [-0.3, -0.25) is 4.79 Å². The molecule has 0 aromatic heterocycles. The lowest BCUT2D eigenvalue weighted by Gasteiger charge is -2.11. The number of aryl methyl sites for hydroxylation is 1.